The third kappa shape index (κ3) is 2.40. The van der Waals surface area contributed by atoms with E-state index in [1.165, 1.54) is 24.2 Å². The van der Waals surface area contributed by atoms with Crippen molar-refractivity contribution in [3.05, 3.63) is 29.6 Å². The molecular formula is C15H21N5. The Balaban J connectivity index is 2.04. The second-order valence-electron chi connectivity index (χ2n) is 5.13. The third-order valence-corrected chi connectivity index (χ3v) is 3.71. The van der Waals surface area contributed by atoms with Gasteiger partial charge in [0.1, 0.15) is 23.8 Å². The van der Waals surface area contributed by atoms with E-state index in [1.807, 2.05) is 12.4 Å². The second kappa shape index (κ2) is 5.61. The second-order valence-corrected chi connectivity index (χ2v) is 5.13. The van der Waals surface area contributed by atoms with E-state index in [2.05, 4.69) is 38.7 Å². The van der Waals surface area contributed by atoms with Crippen molar-refractivity contribution in [1.82, 2.24) is 19.5 Å². The van der Waals surface area contributed by atoms with Gasteiger partial charge in [0.2, 0.25) is 0 Å². The van der Waals surface area contributed by atoms with Gasteiger partial charge in [-0.25, -0.2) is 15.0 Å². The lowest BCUT2D eigenvalue weighted by Gasteiger charge is -2.14. The summed E-state index contributed by atoms with van der Waals surface area (Å²) in [7, 11) is 0. The minimum atomic E-state index is 0.836. The van der Waals surface area contributed by atoms with Crippen molar-refractivity contribution in [2.24, 2.45) is 0 Å². The Kier molecular flexibility index (Phi) is 3.67. The maximum atomic E-state index is 4.66. The molecule has 5 nitrogen and oxygen atoms in total. The SMILES string of the molecule is CCNc1cc(-n2cnc3c2CCCC3)nc(CC)n1. The summed E-state index contributed by atoms with van der Waals surface area (Å²) in [4.78, 5) is 13.7. The van der Waals surface area contributed by atoms with E-state index in [-0.39, 0.29) is 0 Å². The molecule has 0 saturated carbocycles. The molecule has 0 fully saturated rings. The fraction of sp³-hybridized carbons (Fsp3) is 0.533. The molecule has 0 amide bonds. The van der Waals surface area contributed by atoms with Crippen molar-refractivity contribution in [2.75, 3.05) is 11.9 Å². The van der Waals surface area contributed by atoms with Crippen LogP contribution in [0.3, 0.4) is 0 Å². The number of anilines is 1. The van der Waals surface area contributed by atoms with Crippen LogP contribution in [0.15, 0.2) is 12.4 Å². The van der Waals surface area contributed by atoms with Gasteiger partial charge in [-0.2, -0.15) is 0 Å². The Morgan fingerprint density at radius 2 is 2.05 bits per heavy atom. The number of nitrogens with one attached hydrogen (secondary N) is 1. The number of aromatic nitrogens is 4. The summed E-state index contributed by atoms with van der Waals surface area (Å²) in [5, 5.41) is 3.28. The molecule has 0 radical (unpaired) electrons. The van der Waals surface area contributed by atoms with Crippen LogP contribution in [0.2, 0.25) is 0 Å². The highest BCUT2D eigenvalue weighted by atomic mass is 15.2. The first-order chi connectivity index (χ1) is 9.81. The molecule has 2 heterocycles. The van der Waals surface area contributed by atoms with Gasteiger partial charge in [0.25, 0.3) is 0 Å². The Hall–Kier alpha value is -1.91. The van der Waals surface area contributed by atoms with E-state index in [0.29, 0.717) is 0 Å². The van der Waals surface area contributed by atoms with E-state index in [9.17, 15) is 0 Å². The maximum Gasteiger partial charge on any atom is 0.143 e. The zero-order valence-electron chi connectivity index (χ0n) is 12.2. The Morgan fingerprint density at radius 1 is 1.20 bits per heavy atom. The topological polar surface area (TPSA) is 55.6 Å². The Labute approximate surface area is 119 Å². The smallest absolute Gasteiger partial charge is 0.143 e. The first kappa shape index (κ1) is 13.1. The van der Waals surface area contributed by atoms with Crippen molar-refractivity contribution in [3.8, 4) is 5.82 Å². The van der Waals surface area contributed by atoms with Crippen LogP contribution in [0.25, 0.3) is 5.82 Å². The van der Waals surface area contributed by atoms with Gasteiger partial charge in [0.05, 0.1) is 5.69 Å². The zero-order valence-corrected chi connectivity index (χ0v) is 12.2. The van der Waals surface area contributed by atoms with Crippen molar-refractivity contribution in [2.45, 2.75) is 46.0 Å². The predicted octanol–water partition coefficient (Wildman–Crippen LogP) is 2.54. The van der Waals surface area contributed by atoms with Crippen molar-refractivity contribution in [1.29, 1.82) is 0 Å². The highest BCUT2D eigenvalue weighted by molar-refractivity contribution is 5.43. The molecule has 1 aliphatic rings. The molecule has 0 saturated heterocycles. The summed E-state index contributed by atoms with van der Waals surface area (Å²) in [5.74, 6) is 2.70. The molecule has 0 spiro atoms. The van der Waals surface area contributed by atoms with Crippen LogP contribution in [-0.2, 0) is 19.3 Å². The van der Waals surface area contributed by atoms with Crippen molar-refractivity contribution >= 4 is 5.82 Å². The van der Waals surface area contributed by atoms with E-state index in [1.54, 1.807) is 0 Å². The van der Waals surface area contributed by atoms with E-state index < -0.39 is 0 Å². The van der Waals surface area contributed by atoms with E-state index in [4.69, 9.17) is 0 Å². The lowest BCUT2D eigenvalue weighted by atomic mass is 10.0. The van der Waals surface area contributed by atoms with E-state index >= 15 is 0 Å². The van der Waals surface area contributed by atoms with Crippen LogP contribution in [0, 0.1) is 0 Å². The number of aryl methyl sites for hydroxylation is 2. The van der Waals surface area contributed by atoms with Gasteiger partial charge >= 0.3 is 0 Å². The van der Waals surface area contributed by atoms with Gasteiger partial charge < -0.3 is 5.32 Å². The molecule has 0 atom stereocenters. The van der Waals surface area contributed by atoms with Gasteiger partial charge in [-0.3, -0.25) is 4.57 Å². The molecular weight excluding hydrogens is 250 g/mol. The summed E-state index contributed by atoms with van der Waals surface area (Å²) in [5.41, 5.74) is 2.55. The monoisotopic (exact) mass is 271 g/mol. The summed E-state index contributed by atoms with van der Waals surface area (Å²) in [6.07, 6.45) is 7.42. The Morgan fingerprint density at radius 3 is 2.85 bits per heavy atom. The van der Waals surface area contributed by atoms with Crippen LogP contribution < -0.4 is 5.32 Å². The maximum absolute atomic E-state index is 4.66. The van der Waals surface area contributed by atoms with E-state index in [0.717, 1.165) is 43.3 Å². The van der Waals surface area contributed by atoms with Gasteiger partial charge in [0.15, 0.2) is 0 Å². The summed E-state index contributed by atoms with van der Waals surface area (Å²) in [6.45, 7) is 5.02. The van der Waals surface area contributed by atoms with Gasteiger partial charge in [-0.1, -0.05) is 6.92 Å². The Bertz CT molecular complexity index is 602. The average Bonchev–Trinajstić information content (AvgIpc) is 2.91. The average molecular weight is 271 g/mol. The van der Waals surface area contributed by atoms with Gasteiger partial charge in [0, 0.05) is 24.7 Å². The molecule has 0 bridgehead atoms. The van der Waals surface area contributed by atoms with Crippen molar-refractivity contribution < 1.29 is 0 Å². The molecule has 5 heteroatoms. The molecule has 3 rings (SSSR count). The van der Waals surface area contributed by atoms with Crippen LogP contribution >= 0.6 is 0 Å². The molecule has 1 aliphatic carbocycles. The van der Waals surface area contributed by atoms with Gasteiger partial charge in [-0.15, -0.1) is 0 Å². The van der Waals surface area contributed by atoms with Crippen LogP contribution in [0.4, 0.5) is 5.82 Å². The third-order valence-electron chi connectivity index (χ3n) is 3.71. The molecule has 106 valence electrons. The first-order valence-electron chi connectivity index (χ1n) is 7.49. The molecule has 0 aromatic carbocycles. The highest BCUT2D eigenvalue weighted by Crippen LogP contribution is 2.23. The number of fused-ring (bicyclic) bond motifs is 1. The van der Waals surface area contributed by atoms with Crippen LogP contribution in [0.1, 0.15) is 43.9 Å². The minimum absolute atomic E-state index is 0.836. The molecule has 2 aromatic rings. The molecule has 0 unspecified atom stereocenters. The summed E-state index contributed by atoms with van der Waals surface area (Å²) >= 11 is 0. The van der Waals surface area contributed by atoms with Crippen molar-refractivity contribution in [3.63, 3.8) is 0 Å². The fourth-order valence-corrected chi connectivity index (χ4v) is 2.70. The molecule has 0 aliphatic heterocycles. The zero-order chi connectivity index (χ0) is 13.9. The largest absolute Gasteiger partial charge is 0.370 e. The van der Waals surface area contributed by atoms with Crippen LogP contribution in [0.5, 0.6) is 0 Å². The summed E-state index contributed by atoms with van der Waals surface area (Å²) < 4.78 is 2.14. The van der Waals surface area contributed by atoms with Crippen LogP contribution in [-0.4, -0.2) is 26.1 Å². The first-order valence-corrected chi connectivity index (χ1v) is 7.49. The normalized spacial score (nSPS) is 14.1. The van der Waals surface area contributed by atoms with Gasteiger partial charge in [-0.05, 0) is 32.6 Å². The molecule has 20 heavy (non-hydrogen) atoms. The highest BCUT2D eigenvalue weighted by Gasteiger charge is 2.17. The lowest BCUT2D eigenvalue weighted by molar-refractivity contribution is 0.653. The predicted molar refractivity (Wildman–Crippen MR) is 79.3 cm³/mol. The number of nitrogens with zero attached hydrogens (tertiary/aromatic N) is 4. The summed E-state index contributed by atoms with van der Waals surface area (Å²) in [6, 6.07) is 2.01. The number of hydrogen-bond donors (Lipinski definition) is 1. The molecule has 1 N–H and O–H groups in total. The number of imidazole rings is 1. The standard InChI is InChI=1S/C15H21N5/c1-3-13-18-14(16-4-2)9-15(19-13)20-10-17-11-7-5-6-8-12(11)20/h9-10H,3-8H2,1-2H3,(H,16,18,19). The molecule has 2 aromatic heterocycles. The number of rotatable bonds is 4. The number of hydrogen-bond acceptors (Lipinski definition) is 4. The lowest BCUT2D eigenvalue weighted by Crippen LogP contribution is -2.11. The quantitative estimate of drug-likeness (QED) is 0.928. The fourth-order valence-electron chi connectivity index (χ4n) is 2.70. The minimum Gasteiger partial charge on any atom is -0.370 e.